The lowest BCUT2D eigenvalue weighted by Gasteiger charge is -2.14. The summed E-state index contributed by atoms with van der Waals surface area (Å²) >= 11 is 0. The van der Waals surface area contributed by atoms with Crippen LogP contribution in [0.15, 0.2) is 4.79 Å². The van der Waals surface area contributed by atoms with Gasteiger partial charge in [-0.1, -0.05) is 13.8 Å². The number of aromatic nitrogens is 2. The van der Waals surface area contributed by atoms with Crippen LogP contribution in [0.1, 0.15) is 48.3 Å². The van der Waals surface area contributed by atoms with E-state index in [9.17, 15) is 14.7 Å². The summed E-state index contributed by atoms with van der Waals surface area (Å²) in [5, 5.41) is 18.4. The van der Waals surface area contributed by atoms with E-state index >= 15 is 0 Å². The van der Waals surface area contributed by atoms with Crippen LogP contribution in [0.25, 0.3) is 0 Å². The fourth-order valence-corrected chi connectivity index (χ4v) is 2.36. The highest BCUT2D eigenvalue weighted by Crippen LogP contribution is 2.44. The van der Waals surface area contributed by atoms with Crippen LogP contribution in [0.5, 0.6) is 0 Å². The average Bonchev–Trinajstić information content (AvgIpc) is 3.25. The number of rotatable bonds is 6. The fourth-order valence-electron chi connectivity index (χ4n) is 2.36. The second-order valence-electron chi connectivity index (χ2n) is 5.40. The summed E-state index contributed by atoms with van der Waals surface area (Å²) in [6.07, 6.45) is 3.09. The van der Waals surface area contributed by atoms with Crippen molar-refractivity contribution in [1.29, 1.82) is 0 Å². The molecule has 0 aromatic carbocycles. The molecule has 1 heterocycles. The third-order valence-corrected chi connectivity index (χ3v) is 4.00. The first-order valence-electron chi connectivity index (χ1n) is 7.06. The smallest absolute Gasteiger partial charge is 0.277 e. The van der Waals surface area contributed by atoms with E-state index < -0.39 is 5.56 Å². The van der Waals surface area contributed by atoms with E-state index in [0.29, 0.717) is 24.9 Å². The topological polar surface area (TPSA) is 95.1 Å². The Kier molecular flexibility index (Phi) is 4.23. The summed E-state index contributed by atoms with van der Waals surface area (Å²) in [7, 11) is 0. The standard InChI is InChI=1S/C14H21N3O3/c1-3-9-10(4-2)16-17-13(20)11(9)12(19)15-7-14(8-18)5-6-14/h18H,3-8H2,1-2H3,(H,15,19)(H,17,20). The molecule has 2 rings (SSSR count). The number of aromatic amines is 1. The Labute approximate surface area is 117 Å². The molecule has 0 aliphatic heterocycles. The molecule has 6 nitrogen and oxygen atoms in total. The van der Waals surface area contributed by atoms with Crippen LogP contribution >= 0.6 is 0 Å². The molecule has 1 aromatic rings. The van der Waals surface area contributed by atoms with Gasteiger partial charge >= 0.3 is 0 Å². The number of aryl methyl sites for hydroxylation is 1. The van der Waals surface area contributed by atoms with Gasteiger partial charge in [-0.25, -0.2) is 5.10 Å². The van der Waals surface area contributed by atoms with Gasteiger partial charge in [-0.2, -0.15) is 5.10 Å². The minimum absolute atomic E-state index is 0.0703. The Morgan fingerprint density at radius 2 is 2.10 bits per heavy atom. The summed E-state index contributed by atoms with van der Waals surface area (Å²) in [6, 6.07) is 0. The van der Waals surface area contributed by atoms with Crippen LogP contribution in [0.3, 0.4) is 0 Å². The lowest BCUT2D eigenvalue weighted by atomic mass is 10.0. The monoisotopic (exact) mass is 279 g/mol. The maximum Gasteiger partial charge on any atom is 0.277 e. The lowest BCUT2D eigenvalue weighted by molar-refractivity contribution is 0.0932. The summed E-state index contributed by atoms with van der Waals surface area (Å²) in [5.41, 5.74) is 0.997. The SMILES string of the molecule is CCc1n[nH]c(=O)c(C(=O)NCC2(CO)CC2)c1CC. The number of nitrogens with one attached hydrogen (secondary N) is 2. The number of hydrogen-bond donors (Lipinski definition) is 3. The van der Waals surface area contributed by atoms with Crippen molar-refractivity contribution < 1.29 is 9.90 Å². The zero-order chi connectivity index (χ0) is 14.8. The van der Waals surface area contributed by atoms with Crippen LogP contribution in [-0.4, -0.2) is 34.4 Å². The number of amides is 1. The molecule has 0 radical (unpaired) electrons. The van der Waals surface area contributed by atoms with Crippen molar-refractivity contribution in [3.63, 3.8) is 0 Å². The van der Waals surface area contributed by atoms with Gasteiger partial charge in [0, 0.05) is 12.0 Å². The maximum atomic E-state index is 12.3. The fraction of sp³-hybridized carbons (Fsp3) is 0.643. The molecule has 0 unspecified atom stereocenters. The number of H-pyrrole nitrogens is 1. The van der Waals surface area contributed by atoms with Crippen LogP contribution in [0.2, 0.25) is 0 Å². The molecule has 3 N–H and O–H groups in total. The number of nitrogens with zero attached hydrogens (tertiary/aromatic N) is 1. The van der Waals surface area contributed by atoms with E-state index in [1.54, 1.807) is 0 Å². The van der Waals surface area contributed by atoms with Crippen molar-refractivity contribution in [2.24, 2.45) is 5.41 Å². The zero-order valence-electron chi connectivity index (χ0n) is 12.0. The van der Waals surface area contributed by atoms with Gasteiger partial charge in [-0.05, 0) is 31.2 Å². The molecule has 6 heteroatoms. The average molecular weight is 279 g/mol. The van der Waals surface area contributed by atoms with Crippen molar-refractivity contribution >= 4 is 5.91 Å². The molecule has 1 fully saturated rings. The quantitative estimate of drug-likeness (QED) is 0.702. The molecular weight excluding hydrogens is 258 g/mol. The molecule has 1 aromatic heterocycles. The Morgan fingerprint density at radius 3 is 2.60 bits per heavy atom. The molecule has 1 aliphatic rings. The Hall–Kier alpha value is -1.69. The highest BCUT2D eigenvalue weighted by Gasteiger charge is 2.42. The molecule has 20 heavy (non-hydrogen) atoms. The highest BCUT2D eigenvalue weighted by molar-refractivity contribution is 5.95. The van der Waals surface area contributed by atoms with Crippen molar-refractivity contribution in [1.82, 2.24) is 15.5 Å². The van der Waals surface area contributed by atoms with E-state index in [4.69, 9.17) is 0 Å². The molecule has 0 bridgehead atoms. The van der Waals surface area contributed by atoms with Crippen LogP contribution < -0.4 is 10.9 Å². The van der Waals surface area contributed by atoms with Crippen molar-refractivity contribution in [3.8, 4) is 0 Å². The van der Waals surface area contributed by atoms with Crippen LogP contribution in [-0.2, 0) is 12.8 Å². The number of aliphatic hydroxyl groups excluding tert-OH is 1. The summed E-state index contributed by atoms with van der Waals surface area (Å²) in [5.74, 6) is -0.375. The van der Waals surface area contributed by atoms with Gasteiger partial charge < -0.3 is 10.4 Å². The second-order valence-corrected chi connectivity index (χ2v) is 5.40. The molecule has 0 atom stereocenters. The molecule has 0 spiro atoms. The van der Waals surface area contributed by atoms with Gasteiger partial charge in [0.25, 0.3) is 11.5 Å². The lowest BCUT2D eigenvalue weighted by Crippen LogP contribution is -2.36. The molecule has 1 aliphatic carbocycles. The first kappa shape index (κ1) is 14.7. The van der Waals surface area contributed by atoms with E-state index in [-0.39, 0.29) is 23.5 Å². The molecule has 1 amide bonds. The number of carbonyl (C=O) groups excluding carboxylic acids is 1. The van der Waals surface area contributed by atoms with Gasteiger partial charge in [0.2, 0.25) is 0 Å². The normalized spacial score (nSPS) is 15.9. The largest absolute Gasteiger partial charge is 0.396 e. The predicted molar refractivity (Wildman–Crippen MR) is 74.7 cm³/mol. The van der Waals surface area contributed by atoms with Gasteiger partial charge in [-0.15, -0.1) is 0 Å². The van der Waals surface area contributed by atoms with Gasteiger partial charge in [0.1, 0.15) is 5.56 Å². The summed E-state index contributed by atoms with van der Waals surface area (Å²) < 4.78 is 0. The summed E-state index contributed by atoms with van der Waals surface area (Å²) in [6.45, 7) is 4.32. The predicted octanol–water partition coefficient (Wildman–Crippen LogP) is 0.397. The zero-order valence-corrected chi connectivity index (χ0v) is 12.0. The van der Waals surface area contributed by atoms with Crippen LogP contribution in [0.4, 0.5) is 0 Å². The second kappa shape index (κ2) is 5.75. The third-order valence-electron chi connectivity index (χ3n) is 4.00. The molecule has 110 valence electrons. The van der Waals surface area contributed by atoms with Gasteiger partial charge in [0.05, 0.1) is 12.3 Å². The number of hydrogen-bond acceptors (Lipinski definition) is 4. The number of carbonyl (C=O) groups is 1. The van der Waals surface area contributed by atoms with Crippen LogP contribution in [0, 0.1) is 5.41 Å². The third kappa shape index (κ3) is 2.75. The molecular formula is C14H21N3O3. The van der Waals surface area contributed by atoms with Crippen molar-refractivity contribution in [2.45, 2.75) is 39.5 Å². The van der Waals surface area contributed by atoms with E-state index in [2.05, 4.69) is 15.5 Å². The summed E-state index contributed by atoms with van der Waals surface area (Å²) in [4.78, 5) is 24.2. The first-order chi connectivity index (χ1) is 9.56. The molecule has 0 saturated heterocycles. The minimum Gasteiger partial charge on any atom is -0.396 e. The van der Waals surface area contributed by atoms with E-state index in [1.165, 1.54) is 0 Å². The number of aliphatic hydroxyl groups is 1. The van der Waals surface area contributed by atoms with E-state index in [0.717, 1.165) is 18.5 Å². The molecule has 1 saturated carbocycles. The van der Waals surface area contributed by atoms with E-state index in [1.807, 2.05) is 13.8 Å². The first-order valence-corrected chi connectivity index (χ1v) is 7.06. The van der Waals surface area contributed by atoms with Crippen molar-refractivity contribution in [2.75, 3.05) is 13.2 Å². The van der Waals surface area contributed by atoms with Gasteiger partial charge in [0.15, 0.2) is 0 Å². The van der Waals surface area contributed by atoms with Crippen molar-refractivity contribution in [3.05, 3.63) is 27.2 Å². The highest BCUT2D eigenvalue weighted by atomic mass is 16.3. The Balaban J connectivity index is 2.22. The maximum absolute atomic E-state index is 12.3. The Bertz CT molecular complexity index is 561. The van der Waals surface area contributed by atoms with Gasteiger partial charge in [-0.3, -0.25) is 9.59 Å². The Morgan fingerprint density at radius 1 is 1.40 bits per heavy atom. The minimum atomic E-state index is -0.453.